The molecule has 9 heteroatoms. The molecule has 0 aromatic heterocycles. The van der Waals surface area contributed by atoms with Crippen molar-refractivity contribution in [2.24, 2.45) is 16.5 Å². The minimum absolute atomic E-state index is 0.0394. The van der Waals surface area contributed by atoms with Gasteiger partial charge in [0, 0.05) is 24.6 Å². The number of aryl methyl sites for hydroxylation is 1. The molecule has 0 radical (unpaired) electrons. The van der Waals surface area contributed by atoms with Crippen LogP contribution in [0.5, 0.6) is 11.5 Å². The number of phenolic OH excluding ortho intramolecular Hbond substituents is 1. The number of carbonyl (C=O) groups excluding carboxylic acids is 1. The van der Waals surface area contributed by atoms with E-state index in [0.717, 1.165) is 63.3 Å². The van der Waals surface area contributed by atoms with Gasteiger partial charge in [0.25, 0.3) is 0 Å². The van der Waals surface area contributed by atoms with E-state index in [9.17, 15) is 20.1 Å². The average molecular weight is 564 g/mol. The second-order valence-corrected chi connectivity index (χ2v) is 11.0. The van der Waals surface area contributed by atoms with Crippen LogP contribution in [0.3, 0.4) is 0 Å². The van der Waals surface area contributed by atoms with Crippen LogP contribution in [0.2, 0.25) is 0 Å². The molecule has 220 valence electrons. The van der Waals surface area contributed by atoms with Gasteiger partial charge in [-0.1, -0.05) is 50.5 Å². The molecule has 2 heterocycles. The molecule has 4 rings (SSSR count). The lowest BCUT2D eigenvalue weighted by atomic mass is 9.95. The van der Waals surface area contributed by atoms with Crippen LogP contribution in [0.1, 0.15) is 73.9 Å². The molecule has 0 aliphatic carbocycles. The Balaban J connectivity index is 1.32. The van der Waals surface area contributed by atoms with Crippen molar-refractivity contribution in [1.82, 2.24) is 0 Å². The van der Waals surface area contributed by atoms with Crippen molar-refractivity contribution in [1.29, 1.82) is 0 Å². The monoisotopic (exact) mass is 563 g/mol. The van der Waals surface area contributed by atoms with Crippen molar-refractivity contribution in [2.45, 2.75) is 77.2 Å². The van der Waals surface area contributed by atoms with Gasteiger partial charge >= 0.3 is 0 Å². The normalized spacial score (nSPS) is 16.8. The predicted molar refractivity (Wildman–Crippen MR) is 158 cm³/mol. The molecule has 0 amide bonds. The number of Topliss-reactive ketones (excluding diaryl/α,β-unsaturated/α-hetero) is 1. The number of aliphatic hydroxyl groups excluding tert-OH is 2. The highest BCUT2D eigenvalue weighted by molar-refractivity contribution is 5.87. The zero-order valence-corrected chi connectivity index (χ0v) is 23.8. The zero-order valence-electron chi connectivity index (χ0n) is 23.8. The molecule has 2 atom stereocenters. The highest BCUT2D eigenvalue weighted by Crippen LogP contribution is 2.29. The summed E-state index contributed by atoms with van der Waals surface area (Å²) in [5.41, 5.74) is 18.3. The third-order valence-electron chi connectivity index (χ3n) is 7.70. The fraction of sp³-hybridized carbons (Fsp3) is 0.438. The van der Waals surface area contributed by atoms with Crippen molar-refractivity contribution >= 4 is 12.0 Å². The number of unbranched alkanes of at least 4 members (excludes halogenated alkanes) is 2. The number of nitrogens with zero attached hydrogens (tertiary/aromatic N) is 1. The van der Waals surface area contributed by atoms with Crippen LogP contribution >= 0.6 is 0 Å². The molecule has 0 spiro atoms. The Labute approximate surface area is 241 Å². The molecule has 2 aliphatic rings. The summed E-state index contributed by atoms with van der Waals surface area (Å²) in [4.78, 5) is 18.0. The maximum absolute atomic E-state index is 12.3. The van der Waals surface area contributed by atoms with Gasteiger partial charge in [-0.25, -0.2) is 0 Å². The number of hydrogen-bond acceptors (Lipinski definition) is 8. The Kier molecular flexibility index (Phi) is 10.8. The summed E-state index contributed by atoms with van der Waals surface area (Å²) in [5.74, 6) is 0.459. The van der Waals surface area contributed by atoms with Gasteiger partial charge in [-0.15, -0.1) is 0 Å². The number of fused-ring (bicyclic) bond motifs is 1. The molecule has 0 saturated heterocycles. The number of ketones is 1. The van der Waals surface area contributed by atoms with Gasteiger partial charge in [0.15, 0.2) is 11.5 Å². The lowest BCUT2D eigenvalue weighted by Crippen LogP contribution is -3.07. The Morgan fingerprint density at radius 2 is 1.98 bits per heavy atom. The average Bonchev–Trinajstić information content (AvgIpc) is 3.53. The molecule has 41 heavy (non-hydrogen) atoms. The quantitative estimate of drug-likeness (QED) is 0.135. The zero-order chi connectivity index (χ0) is 29.4. The van der Waals surface area contributed by atoms with Gasteiger partial charge in [0.1, 0.15) is 24.2 Å². The van der Waals surface area contributed by atoms with Crippen LogP contribution in [-0.4, -0.2) is 46.7 Å². The van der Waals surface area contributed by atoms with Gasteiger partial charge in [-0.2, -0.15) is 0 Å². The second kappa shape index (κ2) is 14.5. The Morgan fingerprint density at radius 1 is 1.15 bits per heavy atom. The molecule has 2 aromatic rings. The highest BCUT2D eigenvalue weighted by Gasteiger charge is 2.29. The van der Waals surface area contributed by atoms with Crippen molar-refractivity contribution in [3.8, 4) is 11.5 Å². The van der Waals surface area contributed by atoms with Crippen LogP contribution in [0.25, 0.3) is 0 Å². The number of nitrogens with one attached hydrogen (secondary N) is 1. The third-order valence-corrected chi connectivity index (χ3v) is 7.70. The molecule has 8 N–H and O–H groups in total. The molecule has 2 aliphatic heterocycles. The number of allylic oxidation sites excluding steroid dienone is 1. The highest BCUT2D eigenvalue weighted by atomic mass is 16.5. The minimum atomic E-state index is -0.584. The molecule has 0 bridgehead atoms. The largest absolute Gasteiger partial charge is 0.504 e. The smallest absolute Gasteiger partial charge is 0.227 e. The number of ether oxygens (including phenoxy) is 1. The summed E-state index contributed by atoms with van der Waals surface area (Å²) >= 11 is 0. The standard InChI is InChI=1S/C32H42N4O5/c1-2-3-4-5-26(38)15-27(39)10-6-21-7-11-30(40)31(12-21)41-20-36-17-28-25(16-35-29(28)18-36)14-24-13-22(32(33)34)8-9-23(24)19-37/h7-9,11-13,16,18,26,32,37-38,40H,2-6,10,14-15,17,19-20,33-34H2,1H3/p+1/t26-/m1/s1. The molecule has 0 fully saturated rings. The van der Waals surface area contributed by atoms with E-state index < -0.39 is 12.3 Å². The first-order valence-corrected chi connectivity index (χ1v) is 14.5. The van der Waals surface area contributed by atoms with E-state index in [1.54, 1.807) is 18.2 Å². The maximum Gasteiger partial charge on any atom is 0.227 e. The summed E-state index contributed by atoms with van der Waals surface area (Å²) in [5, 5.41) is 30.3. The number of benzene rings is 2. The fourth-order valence-electron chi connectivity index (χ4n) is 5.27. The first-order chi connectivity index (χ1) is 19.8. The Hall–Kier alpha value is -3.34. The van der Waals surface area contributed by atoms with Crippen molar-refractivity contribution in [3.63, 3.8) is 0 Å². The lowest BCUT2D eigenvalue weighted by molar-refractivity contribution is -0.855. The van der Waals surface area contributed by atoms with Crippen molar-refractivity contribution < 1.29 is 29.8 Å². The number of hydrogen-bond donors (Lipinski definition) is 6. The molecule has 1 unspecified atom stereocenters. The van der Waals surface area contributed by atoms with Crippen molar-refractivity contribution in [2.75, 3.05) is 13.3 Å². The van der Waals surface area contributed by atoms with Gasteiger partial charge in [-0.05, 0) is 59.2 Å². The summed E-state index contributed by atoms with van der Waals surface area (Å²) in [6.07, 6.45) is 8.14. The topological polar surface area (TPSA) is 156 Å². The first-order valence-electron chi connectivity index (χ1n) is 14.5. The molecule has 9 nitrogen and oxygen atoms in total. The molecular weight excluding hydrogens is 520 g/mol. The second-order valence-electron chi connectivity index (χ2n) is 11.0. The van der Waals surface area contributed by atoms with Crippen LogP contribution in [0.4, 0.5) is 0 Å². The van der Waals surface area contributed by atoms with Gasteiger partial charge < -0.3 is 31.5 Å². The van der Waals surface area contributed by atoms with Crippen LogP contribution in [-0.2, 0) is 24.2 Å². The van der Waals surface area contributed by atoms with Gasteiger partial charge in [0.05, 0.1) is 18.9 Å². The fourth-order valence-corrected chi connectivity index (χ4v) is 5.27. The number of phenols is 1. The molecular formula is C32H43N4O5+. The predicted octanol–water partition coefficient (Wildman–Crippen LogP) is 2.33. The number of aliphatic imine (C=N–C) groups is 1. The molecule has 2 aromatic carbocycles. The number of rotatable bonds is 16. The number of nitrogens with two attached hydrogens (primary N) is 2. The minimum Gasteiger partial charge on any atom is -0.504 e. The van der Waals surface area contributed by atoms with Crippen LogP contribution in [0, 0.1) is 0 Å². The van der Waals surface area contributed by atoms with Gasteiger partial charge in [0.2, 0.25) is 6.73 Å². The number of quaternary nitrogens is 1. The van der Waals surface area contributed by atoms with E-state index in [2.05, 4.69) is 11.9 Å². The van der Waals surface area contributed by atoms with E-state index in [1.165, 1.54) is 0 Å². The third kappa shape index (κ3) is 8.34. The van der Waals surface area contributed by atoms with Gasteiger partial charge in [-0.3, -0.25) is 14.7 Å². The first kappa shape index (κ1) is 30.6. The maximum atomic E-state index is 12.3. The Morgan fingerprint density at radius 3 is 2.73 bits per heavy atom. The van der Waals surface area contributed by atoms with E-state index in [-0.39, 0.29) is 24.6 Å². The molecule has 0 saturated carbocycles. The van der Waals surface area contributed by atoms with Crippen LogP contribution in [0.15, 0.2) is 64.4 Å². The summed E-state index contributed by atoms with van der Waals surface area (Å²) < 4.78 is 5.99. The number of aliphatic hydroxyl groups is 2. The van der Waals surface area contributed by atoms with E-state index >= 15 is 0 Å². The summed E-state index contributed by atoms with van der Waals surface area (Å²) in [6.45, 7) is 3.03. The van der Waals surface area contributed by atoms with Crippen molar-refractivity contribution in [3.05, 3.63) is 81.7 Å². The number of carbonyl (C=O) groups is 1. The lowest BCUT2D eigenvalue weighted by Gasteiger charge is -2.15. The van der Waals surface area contributed by atoms with E-state index in [4.69, 9.17) is 16.2 Å². The Bertz CT molecular complexity index is 1320. The SMILES string of the molecule is CCCCC[C@@H](O)CC(=O)CCc1ccc(O)c(OC[NH+]2C=C3N=CC(Cc4cc(C(N)N)ccc4CO)=C3C2)c1. The number of aromatic hydroxyl groups is 1. The van der Waals surface area contributed by atoms with E-state index in [1.807, 2.05) is 30.6 Å². The summed E-state index contributed by atoms with van der Waals surface area (Å²) in [6, 6.07) is 10.8. The summed E-state index contributed by atoms with van der Waals surface area (Å²) in [7, 11) is 0. The van der Waals surface area contributed by atoms with Crippen LogP contribution < -0.4 is 21.1 Å². The van der Waals surface area contributed by atoms with E-state index in [0.29, 0.717) is 44.7 Å².